The van der Waals surface area contributed by atoms with E-state index in [9.17, 15) is 10.2 Å². The Morgan fingerprint density at radius 1 is 1.03 bits per heavy atom. The van der Waals surface area contributed by atoms with E-state index in [0.717, 1.165) is 18.8 Å². The molecule has 0 amide bonds. The van der Waals surface area contributed by atoms with Crippen LogP contribution in [-0.2, 0) is 0 Å². The van der Waals surface area contributed by atoms with Gasteiger partial charge >= 0.3 is 0 Å². The Morgan fingerprint density at radius 2 is 1.75 bits per heavy atom. The van der Waals surface area contributed by atoms with Gasteiger partial charge in [-0.2, -0.15) is 9.67 Å². The lowest BCUT2D eigenvalue weighted by atomic mass is 9.89. The third-order valence-electron chi connectivity index (χ3n) is 5.90. The van der Waals surface area contributed by atoms with Crippen LogP contribution in [-0.4, -0.2) is 60.0 Å². The molecule has 3 heterocycles. The predicted molar refractivity (Wildman–Crippen MR) is 121 cm³/mol. The summed E-state index contributed by atoms with van der Waals surface area (Å²) in [4.78, 5) is 15.0. The molecule has 5 N–H and O–H groups in total. The lowest BCUT2D eigenvalue weighted by Gasteiger charge is -2.29. The van der Waals surface area contributed by atoms with Crippen molar-refractivity contribution in [2.45, 2.75) is 18.8 Å². The minimum absolute atomic E-state index is 0.128. The lowest BCUT2D eigenvalue weighted by molar-refractivity contribution is 0.255. The fraction of sp³-hybridized carbons (Fsp3) is 0.273. The number of rotatable bonds is 4. The van der Waals surface area contributed by atoms with Gasteiger partial charge in [-0.25, -0.2) is 9.97 Å². The second-order valence-electron chi connectivity index (χ2n) is 8.09. The second kappa shape index (κ2) is 7.97. The summed E-state index contributed by atoms with van der Waals surface area (Å²) in [6, 6.07) is 11.1. The molecule has 2 aromatic carbocycles. The molecule has 1 aliphatic heterocycles. The number of nitrogens with two attached hydrogens (primary N) is 1. The third-order valence-corrected chi connectivity index (χ3v) is 5.90. The zero-order valence-corrected chi connectivity index (χ0v) is 17.6. The van der Waals surface area contributed by atoms with Gasteiger partial charge in [0.05, 0.1) is 5.52 Å². The molecule has 2 aromatic heterocycles. The molecule has 10 nitrogen and oxygen atoms in total. The SMILES string of the molecule is CN1CCC(c2ccc(Nc3nc(N)n(-c4ncnc5cc(O)c(O)cc45)n3)cc2)CC1. The number of hydrogen-bond acceptors (Lipinski definition) is 9. The lowest BCUT2D eigenvalue weighted by Crippen LogP contribution is -2.29. The van der Waals surface area contributed by atoms with Crippen LogP contribution in [0.25, 0.3) is 16.7 Å². The number of nitrogens with one attached hydrogen (secondary N) is 1. The number of aromatic hydroxyl groups is 2. The van der Waals surface area contributed by atoms with Gasteiger partial charge in [-0.15, -0.1) is 5.10 Å². The standard InChI is InChI=1S/C22H24N8O2/c1-29-8-6-14(7-9-29)13-2-4-15(5-3-13)26-22-27-21(23)30(28-22)20-16-10-18(31)19(32)11-17(16)24-12-25-20/h2-5,10-12,14,31-32H,6-9H2,1H3,(H3,23,26,27,28). The summed E-state index contributed by atoms with van der Waals surface area (Å²) in [6.45, 7) is 2.25. The molecule has 0 spiro atoms. The monoisotopic (exact) mass is 432 g/mol. The molecular formula is C22H24N8O2. The van der Waals surface area contributed by atoms with Gasteiger partial charge in [0, 0.05) is 17.1 Å². The van der Waals surface area contributed by atoms with Gasteiger partial charge in [-0.3, -0.25) is 0 Å². The van der Waals surface area contributed by atoms with E-state index in [4.69, 9.17) is 5.73 Å². The number of anilines is 3. The van der Waals surface area contributed by atoms with Crippen LogP contribution in [0.1, 0.15) is 24.3 Å². The maximum Gasteiger partial charge on any atom is 0.248 e. The number of nitrogens with zero attached hydrogens (tertiary/aromatic N) is 6. The summed E-state index contributed by atoms with van der Waals surface area (Å²) < 4.78 is 1.37. The van der Waals surface area contributed by atoms with Crippen molar-refractivity contribution in [3.8, 4) is 17.3 Å². The summed E-state index contributed by atoms with van der Waals surface area (Å²) in [5.41, 5.74) is 8.74. The molecule has 1 saturated heterocycles. The molecule has 0 saturated carbocycles. The summed E-state index contributed by atoms with van der Waals surface area (Å²) in [7, 11) is 2.16. The number of phenolic OH excluding ortho intramolecular Hbond substituents is 2. The van der Waals surface area contributed by atoms with Crippen LogP contribution < -0.4 is 11.1 Å². The van der Waals surface area contributed by atoms with Crippen molar-refractivity contribution in [2.24, 2.45) is 0 Å². The highest BCUT2D eigenvalue weighted by molar-refractivity contribution is 5.88. The zero-order valence-electron chi connectivity index (χ0n) is 17.6. The average molecular weight is 432 g/mol. The van der Waals surface area contributed by atoms with Crippen LogP contribution in [0.5, 0.6) is 11.5 Å². The highest BCUT2D eigenvalue weighted by Gasteiger charge is 2.19. The van der Waals surface area contributed by atoms with E-state index in [1.807, 2.05) is 12.1 Å². The number of fused-ring (bicyclic) bond motifs is 1. The summed E-state index contributed by atoms with van der Waals surface area (Å²) in [5, 5.41) is 27.7. The smallest absolute Gasteiger partial charge is 0.248 e. The van der Waals surface area contributed by atoms with Gasteiger partial charge < -0.3 is 26.2 Å². The number of likely N-dealkylation sites (tertiary alicyclic amines) is 1. The van der Waals surface area contributed by atoms with Gasteiger partial charge in [-0.05, 0) is 62.7 Å². The minimum atomic E-state index is -0.282. The number of benzene rings is 2. The highest BCUT2D eigenvalue weighted by Crippen LogP contribution is 2.32. The van der Waals surface area contributed by atoms with Crippen LogP contribution in [0.2, 0.25) is 0 Å². The number of aromatic nitrogens is 5. The third kappa shape index (κ3) is 3.76. The molecule has 0 unspecified atom stereocenters. The molecule has 1 fully saturated rings. The van der Waals surface area contributed by atoms with E-state index in [-0.39, 0.29) is 17.4 Å². The first-order chi connectivity index (χ1) is 15.5. The minimum Gasteiger partial charge on any atom is -0.504 e. The van der Waals surface area contributed by atoms with Gasteiger partial charge in [0.25, 0.3) is 0 Å². The van der Waals surface area contributed by atoms with Crippen molar-refractivity contribution in [1.82, 2.24) is 29.6 Å². The Hall–Kier alpha value is -3.92. The molecule has 0 aliphatic carbocycles. The first-order valence-electron chi connectivity index (χ1n) is 10.4. The Balaban J connectivity index is 1.39. The van der Waals surface area contributed by atoms with Crippen molar-refractivity contribution < 1.29 is 10.2 Å². The van der Waals surface area contributed by atoms with Crippen molar-refractivity contribution in [3.63, 3.8) is 0 Å². The number of piperidine rings is 1. The second-order valence-corrected chi connectivity index (χ2v) is 8.09. The van der Waals surface area contributed by atoms with E-state index in [2.05, 4.69) is 49.4 Å². The normalized spacial score (nSPS) is 15.3. The first kappa shape index (κ1) is 20.0. The van der Waals surface area contributed by atoms with Crippen LogP contribution in [0.15, 0.2) is 42.7 Å². The Bertz CT molecular complexity index is 1260. The zero-order chi connectivity index (χ0) is 22.2. The average Bonchev–Trinajstić information content (AvgIpc) is 3.15. The predicted octanol–water partition coefficient (Wildman–Crippen LogP) is 2.76. The molecule has 5 rings (SSSR count). The topological polar surface area (TPSA) is 138 Å². The number of phenols is 2. The van der Waals surface area contributed by atoms with Gasteiger partial charge in [0.2, 0.25) is 11.9 Å². The van der Waals surface area contributed by atoms with Crippen LogP contribution >= 0.6 is 0 Å². The Morgan fingerprint density at radius 3 is 2.50 bits per heavy atom. The van der Waals surface area contributed by atoms with Crippen LogP contribution in [0.4, 0.5) is 17.6 Å². The fourth-order valence-electron chi connectivity index (χ4n) is 4.08. The molecular weight excluding hydrogens is 408 g/mol. The molecule has 1 aliphatic rings. The van der Waals surface area contributed by atoms with E-state index >= 15 is 0 Å². The first-order valence-corrected chi connectivity index (χ1v) is 10.4. The largest absolute Gasteiger partial charge is 0.504 e. The summed E-state index contributed by atoms with van der Waals surface area (Å²) in [6.07, 6.45) is 3.68. The van der Waals surface area contributed by atoms with E-state index in [1.54, 1.807) is 0 Å². The summed E-state index contributed by atoms with van der Waals surface area (Å²) >= 11 is 0. The van der Waals surface area contributed by atoms with E-state index < -0.39 is 0 Å². The van der Waals surface area contributed by atoms with Gasteiger partial charge in [0.15, 0.2) is 17.3 Å². The maximum atomic E-state index is 9.89. The van der Waals surface area contributed by atoms with E-state index in [1.165, 1.54) is 41.5 Å². The number of nitrogen functional groups attached to an aromatic ring is 1. The number of hydrogen-bond donors (Lipinski definition) is 4. The Kier molecular flexibility index (Phi) is 4.98. The van der Waals surface area contributed by atoms with Crippen LogP contribution in [0.3, 0.4) is 0 Å². The molecule has 0 atom stereocenters. The van der Waals surface area contributed by atoms with Crippen molar-refractivity contribution in [1.29, 1.82) is 0 Å². The van der Waals surface area contributed by atoms with Gasteiger partial charge in [-0.1, -0.05) is 12.1 Å². The summed E-state index contributed by atoms with van der Waals surface area (Å²) in [5.74, 6) is 0.846. The maximum absolute atomic E-state index is 9.89. The molecule has 10 heteroatoms. The molecule has 0 bridgehead atoms. The van der Waals surface area contributed by atoms with Crippen molar-refractivity contribution in [3.05, 3.63) is 48.3 Å². The fourth-order valence-corrected chi connectivity index (χ4v) is 4.08. The quantitative estimate of drug-likeness (QED) is 0.359. The molecule has 164 valence electrons. The van der Waals surface area contributed by atoms with Gasteiger partial charge in [0.1, 0.15) is 6.33 Å². The molecule has 32 heavy (non-hydrogen) atoms. The Labute approximate surface area is 184 Å². The molecule has 0 radical (unpaired) electrons. The van der Waals surface area contributed by atoms with Crippen LogP contribution in [0, 0.1) is 0 Å². The molecule has 4 aromatic rings. The highest BCUT2D eigenvalue weighted by atomic mass is 16.3. The van der Waals surface area contributed by atoms with E-state index in [0.29, 0.717) is 28.6 Å². The van der Waals surface area contributed by atoms with Crippen molar-refractivity contribution in [2.75, 3.05) is 31.2 Å². The van der Waals surface area contributed by atoms with Crippen molar-refractivity contribution >= 4 is 28.5 Å².